The van der Waals surface area contributed by atoms with Gasteiger partial charge in [0.15, 0.2) is 17.3 Å². The Kier molecular flexibility index (Phi) is 3.94. The molecule has 0 saturated heterocycles. The highest BCUT2D eigenvalue weighted by Gasteiger charge is 2.43. The fourth-order valence-corrected chi connectivity index (χ4v) is 2.88. The molecule has 3 heterocycles. The normalized spacial score (nSPS) is 14.5. The summed E-state index contributed by atoms with van der Waals surface area (Å²) in [6.45, 7) is 4.16. The predicted molar refractivity (Wildman–Crippen MR) is 88.0 cm³/mol. The Labute approximate surface area is 152 Å². The molecule has 140 valence electrons. The van der Waals surface area contributed by atoms with E-state index in [1.165, 1.54) is 18.2 Å². The smallest absolute Gasteiger partial charge is 0.395 e. The number of nitrogens with zero attached hydrogens (tertiary/aromatic N) is 3. The monoisotopic (exact) mass is 375 g/mol. The van der Waals surface area contributed by atoms with Gasteiger partial charge in [-0.15, -0.1) is 8.78 Å². The van der Waals surface area contributed by atoms with Crippen molar-refractivity contribution in [2.45, 2.75) is 33.1 Å². The Hall–Kier alpha value is -3.23. The molecular weight excluding hydrogens is 360 g/mol. The van der Waals surface area contributed by atoms with Crippen molar-refractivity contribution in [3.8, 4) is 11.5 Å². The van der Waals surface area contributed by atoms with Gasteiger partial charge in [-0.2, -0.15) is 5.10 Å². The third-order valence-electron chi connectivity index (χ3n) is 4.28. The van der Waals surface area contributed by atoms with Crippen molar-refractivity contribution >= 4 is 5.78 Å². The number of hydrogen-bond donors (Lipinski definition) is 0. The zero-order valence-electron chi connectivity index (χ0n) is 14.5. The molecule has 0 amide bonds. The zero-order chi connectivity index (χ0) is 19.2. The van der Waals surface area contributed by atoms with Crippen LogP contribution in [0.1, 0.15) is 32.9 Å². The van der Waals surface area contributed by atoms with Gasteiger partial charge >= 0.3 is 6.29 Å². The zero-order valence-corrected chi connectivity index (χ0v) is 14.5. The lowest BCUT2D eigenvalue weighted by Gasteiger charge is -2.04. The molecule has 4 rings (SSSR count). The maximum Gasteiger partial charge on any atom is 0.586 e. The second-order valence-corrected chi connectivity index (χ2v) is 6.28. The van der Waals surface area contributed by atoms with Crippen LogP contribution in [0.25, 0.3) is 0 Å². The molecule has 0 unspecified atom stereocenters. The van der Waals surface area contributed by atoms with Crippen LogP contribution in [-0.2, 0) is 13.0 Å². The third-order valence-corrected chi connectivity index (χ3v) is 4.28. The van der Waals surface area contributed by atoms with E-state index in [0.29, 0.717) is 12.1 Å². The van der Waals surface area contributed by atoms with E-state index >= 15 is 0 Å². The second kappa shape index (κ2) is 6.19. The van der Waals surface area contributed by atoms with Crippen LogP contribution in [0.2, 0.25) is 0 Å². The quantitative estimate of drug-likeness (QED) is 0.637. The number of benzene rings is 1. The molecule has 0 bridgehead atoms. The molecule has 1 aromatic carbocycles. The maximum absolute atomic E-state index is 13.1. The second-order valence-electron chi connectivity index (χ2n) is 6.28. The Balaban J connectivity index is 1.46. The van der Waals surface area contributed by atoms with Gasteiger partial charge in [-0.25, -0.2) is 0 Å². The van der Waals surface area contributed by atoms with Gasteiger partial charge in [-0.1, -0.05) is 5.16 Å². The number of alkyl halides is 2. The van der Waals surface area contributed by atoms with Crippen molar-refractivity contribution in [2.24, 2.45) is 0 Å². The third kappa shape index (κ3) is 3.40. The molecule has 2 aromatic heterocycles. The summed E-state index contributed by atoms with van der Waals surface area (Å²) >= 11 is 0. The molecule has 1 aliphatic rings. The van der Waals surface area contributed by atoms with Gasteiger partial charge in [0.2, 0.25) is 0 Å². The number of carbonyl (C=O) groups excluding carboxylic acids is 1. The van der Waals surface area contributed by atoms with Crippen LogP contribution in [0, 0.1) is 13.8 Å². The van der Waals surface area contributed by atoms with Gasteiger partial charge in [-0.05, 0) is 37.6 Å². The lowest BCUT2D eigenvalue weighted by atomic mass is 10.0. The van der Waals surface area contributed by atoms with Gasteiger partial charge < -0.3 is 14.0 Å². The SMILES string of the molecule is Cc1noc(C)c1Cn1cc(CC(=O)c2ccc3c(c2)OC(F)(F)O3)cn1. The number of aryl methyl sites for hydroxylation is 2. The summed E-state index contributed by atoms with van der Waals surface area (Å²) in [6.07, 6.45) is -0.275. The molecule has 9 heteroatoms. The summed E-state index contributed by atoms with van der Waals surface area (Å²) in [6, 6.07) is 3.98. The largest absolute Gasteiger partial charge is 0.586 e. The van der Waals surface area contributed by atoms with Crippen molar-refractivity contribution in [3.63, 3.8) is 0 Å². The molecule has 7 nitrogen and oxygen atoms in total. The van der Waals surface area contributed by atoms with Crippen molar-refractivity contribution < 1.29 is 27.6 Å². The lowest BCUT2D eigenvalue weighted by Crippen LogP contribution is -2.25. The number of aromatic nitrogens is 3. The molecule has 3 aromatic rings. The summed E-state index contributed by atoms with van der Waals surface area (Å²) in [5.41, 5.74) is 2.69. The molecule has 0 aliphatic carbocycles. The highest BCUT2D eigenvalue weighted by Crippen LogP contribution is 2.41. The van der Waals surface area contributed by atoms with Gasteiger partial charge in [0.05, 0.1) is 18.4 Å². The molecule has 1 aliphatic heterocycles. The van der Waals surface area contributed by atoms with Crippen LogP contribution in [0.4, 0.5) is 8.78 Å². The number of carbonyl (C=O) groups is 1. The van der Waals surface area contributed by atoms with E-state index in [4.69, 9.17) is 4.52 Å². The van der Waals surface area contributed by atoms with E-state index in [-0.39, 0.29) is 29.3 Å². The summed E-state index contributed by atoms with van der Waals surface area (Å²) in [7, 11) is 0. The molecular formula is C18H15F2N3O4. The predicted octanol–water partition coefficient (Wildman–Crippen LogP) is 3.28. The molecule has 27 heavy (non-hydrogen) atoms. The minimum Gasteiger partial charge on any atom is -0.395 e. The standard InChI is InChI=1S/C18H15F2N3O4/c1-10-14(11(2)27-22-10)9-23-8-12(7-21-23)5-15(24)13-3-4-16-17(6-13)26-18(19,20)25-16/h3-4,6-8H,5,9H2,1-2H3. The van der Waals surface area contributed by atoms with Gasteiger partial charge in [-0.3, -0.25) is 9.48 Å². The Morgan fingerprint density at radius 2 is 2.00 bits per heavy atom. The lowest BCUT2D eigenvalue weighted by molar-refractivity contribution is -0.286. The minimum absolute atomic E-state index is 0.0810. The Morgan fingerprint density at radius 1 is 1.22 bits per heavy atom. The van der Waals surface area contributed by atoms with Crippen LogP contribution >= 0.6 is 0 Å². The summed E-state index contributed by atoms with van der Waals surface area (Å²) < 4.78 is 41.7. The average Bonchev–Trinajstić information content (AvgIpc) is 3.26. The van der Waals surface area contributed by atoms with Crippen molar-refractivity contribution in [2.75, 3.05) is 0 Å². The van der Waals surface area contributed by atoms with Gasteiger partial charge in [0.1, 0.15) is 5.76 Å². The summed E-state index contributed by atoms with van der Waals surface area (Å²) in [5.74, 6) is 0.232. The first-order valence-electron chi connectivity index (χ1n) is 8.17. The number of fused-ring (bicyclic) bond motifs is 1. The van der Waals surface area contributed by atoms with Crippen LogP contribution in [0.15, 0.2) is 35.1 Å². The van der Waals surface area contributed by atoms with Crippen molar-refractivity contribution in [1.29, 1.82) is 0 Å². The van der Waals surface area contributed by atoms with Gasteiger partial charge in [0.25, 0.3) is 0 Å². The molecule has 0 saturated carbocycles. The van der Waals surface area contributed by atoms with E-state index in [1.807, 2.05) is 13.8 Å². The first kappa shape index (κ1) is 17.2. The minimum atomic E-state index is -3.71. The van der Waals surface area contributed by atoms with Crippen LogP contribution in [0.3, 0.4) is 0 Å². The average molecular weight is 375 g/mol. The molecule has 0 spiro atoms. The van der Waals surface area contributed by atoms with Crippen LogP contribution in [0.5, 0.6) is 11.5 Å². The summed E-state index contributed by atoms with van der Waals surface area (Å²) in [5, 5.41) is 8.15. The number of halogens is 2. The number of ether oxygens (including phenoxy) is 2. The van der Waals surface area contributed by atoms with E-state index < -0.39 is 6.29 Å². The first-order valence-corrected chi connectivity index (χ1v) is 8.17. The van der Waals surface area contributed by atoms with Gasteiger partial charge in [0, 0.05) is 23.7 Å². The highest BCUT2D eigenvalue weighted by atomic mass is 19.3. The van der Waals surface area contributed by atoms with E-state index in [2.05, 4.69) is 19.7 Å². The number of ketones is 1. The summed E-state index contributed by atoms with van der Waals surface area (Å²) in [4.78, 5) is 12.5. The Morgan fingerprint density at radius 3 is 2.74 bits per heavy atom. The topological polar surface area (TPSA) is 79.4 Å². The highest BCUT2D eigenvalue weighted by molar-refractivity contribution is 5.98. The molecule has 0 fully saturated rings. The first-order chi connectivity index (χ1) is 12.8. The molecule has 0 atom stereocenters. The maximum atomic E-state index is 13.1. The van der Waals surface area contributed by atoms with Crippen LogP contribution in [-0.4, -0.2) is 27.0 Å². The Bertz CT molecular complexity index is 1010. The fraction of sp³-hybridized carbons (Fsp3) is 0.278. The number of rotatable bonds is 5. The fourth-order valence-electron chi connectivity index (χ4n) is 2.88. The number of Topliss-reactive ketones (excluding diaryl/α,β-unsaturated/α-hetero) is 1. The van der Waals surface area contributed by atoms with Crippen molar-refractivity contribution in [3.05, 3.63) is 58.7 Å². The van der Waals surface area contributed by atoms with Crippen LogP contribution < -0.4 is 9.47 Å². The van der Waals surface area contributed by atoms with E-state index in [1.54, 1.807) is 17.1 Å². The van der Waals surface area contributed by atoms with E-state index in [0.717, 1.165) is 17.0 Å². The van der Waals surface area contributed by atoms with Crippen molar-refractivity contribution in [1.82, 2.24) is 14.9 Å². The van der Waals surface area contributed by atoms with E-state index in [9.17, 15) is 13.6 Å². The molecule has 0 radical (unpaired) electrons. The molecule has 0 N–H and O–H groups in total. The number of hydrogen-bond acceptors (Lipinski definition) is 6.